The number of nitrogens with one attached hydrogen (secondary N) is 2. The Morgan fingerprint density at radius 3 is 2.12 bits per heavy atom. The first-order chi connectivity index (χ1) is 12.2. The van der Waals surface area contributed by atoms with Crippen molar-refractivity contribution in [3.05, 3.63) is 64.2 Å². The summed E-state index contributed by atoms with van der Waals surface area (Å²) in [5.41, 5.74) is -0.492. The van der Waals surface area contributed by atoms with Crippen LogP contribution >= 0.6 is 11.6 Å². The van der Waals surface area contributed by atoms with E-state index in [2.05, 4.69) is 10.6 Å². The number of halogens is 4. The molecule has 2 aromatic carbocycles. The maximum Gasteiger partial charge on any atom is 0.416 e. The van der Waals surface area contributed by atoms with Gasteiger partial charge in [-0.15, -0.1) is 0 Å². The first kappa shape index (κ1) is 19.8. The van der Waals surface area contributed by atoms with E-state index >= 15 is 0 Å². The Kier molecular flexibility index (Phi) is 6.26. The van der Waals surface area contributed by atoms with Crippen LogP contribution < -0.4 is 10.6 Å². The highest BCUT2D eigenvalue weighted by molar-refractivity contribution is 6.34. The molecule has 0 heterocycles. The largest absolute Gasteiger partial charge is 0.416 e. The lowest BCUT2D eigenvalue weighted by atomic mass is 10.1. The molecule has 2 aromatic rings. The first-order valence-corrected chi connectivity index (χ1v) is 8.16. The van der Waals surface area contributed by atoms with Crippen molar-refractivity contribution < 1.29 is 22.8 Å². The van der Waals surface area contributed by atoms with E-state index in [9.17, 15) is 22.8 Å². The van der Waals surface area contributed by atoms with Crippen molar-refractivity contribution in [1.82, 2.24) is 5.32 Å². The van der Waals surface area contributed by atoms with Crippen LogP contribution in [-0.2, 0) is 6.18 Å². The molecule has 0 bridgehead atoms. The summed E-state index contributed by atoms with van der Waals surface area (Å²) in [6.07, 6.45) is -3.75. The number of benzene rings is 2. The highest BCUT2D eigenvalue weighted by Crippen LogP contribution is 2.33. The van der Waals surface area contributed by atoms with E-state index in [1.54, 1.807) is 0 Å². The van der Waals surface area contributed by atoms with E-state index in [0.717, 1.165) is 24.6 Å². The van der Waals surface area contributed by atoms with Crippen LogP contribution in [0.1, 0.15) is 39.6 Å². The van der Waals surface area contributed by atoms with E-state index in [1.807, 2.05) is 6.92 Å². The molecule has 0 unspecified atom stereocenters. The minimum absolute atomic E-state index is 0.0121. The Labute approximate surface area is 153 Å². The smallest absolute Gasteiger partial charge is 0.352 e. The van der Waals surface area contributed by atoms with Crippen molar-refractivity contribution in [2.24, 2.45) is 0 Å². The second-order valence-electron chi connectivity index (χ2n) is 5.48. The van der Waals surface area contributed by atoms with Crippen LogP contribution in [0.2, 0.25) is 5.02 Å². The van der Waals surface area contributed by atoms with Gasteiger partial charge in [0.25, 0.3) is 11.8 Å². The van der Waals surface area contributed by atoms with Gasteiger partial charge in [0.1, 0.15) is 0 Å². The first-order valence-electron chi connectivity index (χ1n) is 7.78. The Bertz CT molecular complexity index is 805. The molecule has 2 N–H and O–H groups in total. The summed E-state index contributed by atoms with van der Waals surface area (Å²) in [7, 11) is 0. The fourth-order valence-corrected chi connectivity index (χ4v) is 2.27. The molecule has 2 rings (SSSR count). The van der Waals surface area contributed by atoms with Crippen LogP contribution in [0.15, 0.2) is 42.5 Å². The summed E-state index contributed by atoms with van der Waals surface area (Å²) < 4.78 is 38.3. The number of alkyl halides is 3. The summed E-state index contributed by atoms with van der Waals surface area (Å²) in [5, 5.41) is 5.04. The quantitative estimate of drug-likeness (QED) is 0.781. The van der Waals surface area contributed by atoms with Gasteiger partial charge in [-0.3, -0.25) is 9.59 Å². The maximum atomic E-state index is 12.8. The van der Waals surface area contributed by atoms with Crippen LogP contribution in [-0.4, -0.2) is 18.4 Å². The highest BCUT2D eigenvalue weighted by Gasteiger charge is 2.31. The molecule has 0 radical (unpaired) electrons. The lowest BCUT2D eigenvalue weighted by Gasteiger charge is -2.12. The third-order valence-electron chi connectivity index (χ3n) is 3.49. The molecular weight excluding hydrogens is 369 g/mol. The number of rotatable bonds is 5. The van der Waals surface area contributed by atoms with Gasteiger partial charge in [-0.2, -0.15) is 13.2 Å². The average molecular weight is 385 g/mol. The molecule has 26 heavy (non-hydrogen) atoms. The number of carbonyl (C=O) groups is 2. The predicted molar refractivity (Wildman–Crippen MR) is 93.5 cm³/mol. The Balaban J connectivity index is 2.14. The molecule has 0 aliphatic carbocycles. The third kappa shape index (κ3) is 4.98. The second kappa shape index (κ2) is 8.23. The normalized spacial score (nSPS) is 11.1. The Morgan fingerprint density at radius 2 is 1.58 bits per heavy atom. The van der Waals surface area contributed by atoms with E-state index in [-0.39, 0.29) is 22.2 Å². The Morgan fingerprint density at radius 1 is 1.00 bits per heavy atom. The van der Waals surface area contributed by atoms with Gasteiger partial charge in [-0.25, -0.2) is 0 Å². The van der Waals surface area contributed by atoms with Crippen LogP contribution in [0, 0.1) is 0 Å². The fourth-order valence-electron chi connectivity index (χ4n) is 2.11. The van der Waals surface area contributed by atoms with Crippen molar-refractivity contribution in [2.45, 2.75) is 19.5 Å². The number of carbonyl (C=O) groups excluding carboxylic acids is 2. The average Bonchev–Trinajstić information content (AvgIpc) is 2.60. The van der Waals surface area contributed by atoms with Crippen molar-refractivity contribution >= 4 is 29.1 Å². The van der Waals surface area contributed by atoms with Crippen molar-refractivity contribution in [2.75, 3.05) is 11.9 Å². The fraction of sp³-hybridized carbons (Fsp3) is 0.222. The van der Waals surface area contributed by atoms with E-state index in [4.69, 9.17) is 11.6 Å². The van der Waals surface area contributed by atoms with Crippen molar-refractivity contribution in [3.8, 4) is 0 Å². The van der Waals surface area contributed by atoms with Gasteiger partial charge in [-0.05, 0) is 48.9 Å². The van der Waals surface area contributed by atoms with Gasteiger partial charge in [0.2, 0.25) is 0 Å². The number of anilines is 1. The molecule has 0 aromatic heterocycles. The van der Waals surface area contributed by atoms with E-state index in [1.165, 1.54) is 24.3 Å². The molecule has 0 aliphatic heterocycles. The lowest BCUT2D eigenvalue weighted by Crippen LogP contribution is -2.24. The van der Waals surface area contributed by atoms with Gasteiger partial charge >= 0.3 is 6.18 Å². The maximum absolute atomic E-state index is 12.8. The predicted octanol–water partition coefficient (Wildman–Crippen LogP) is 4.75. The van der Waals surface area contributed by atoms with Crippen molar-refractivity contribution in [1.29, 1.82) is 0 Å². The minimum atomic E-state index is -4.54. The highest BCUT2D eigenvalue weighted by atomic mass is 35.5. The lowest BCUT2D eigenvalue weighted by molar-refractivity contribution is -0.137. The molecular formula is C18H16ClF3N2O2. The molecule has 0 aliphatic rings. The molecule has 0 atom stereocenters. The monoisotopic (exact) mass is 384 g/mol. The van der Waals surface area contributed by atoms with Crippen LogP contribution in [0.5, 0.6) is 0 Å². The molecule has 8 heteroatoms. The molecule has 0 spiro atoms. The molecule has 138 valence electrons. The molecule has 0 fully saturated rings. The number of amides is 2. The molecule has 4 nitrogen and oxygen atoms in total. The topological polar surface area (TPSA) is 58.2 Å². The Hall–Kier alpha value is -2.54. The number of hydrogen-bond donors (Lipinski definition) is 2. The summed E-state index contributed by atoms with van der Waals surface area (Å²) >= 11 is 5.86. The van der Waals surface area contributed by atoms with E-state index in [0.29, 0.717) is 12.1 Å². The SMILES string of the molecule is CCCNC(=O)c1ccc(C(=O)Nc2cc(C(F)(F)F)ccc2Cl)cc1. The minimum Gasteiger partial charge on any atom is -0.352 e. The standard InChI is InChI=1S/C18H16ClF3N2O2/c1-2-9-23-16(25)11-3-5-12(6-4-11)17(26)24-15-10-13(18(20,21)22)7-8-14(15)19/h3-8,10H,2,9H2,1H3,(H,23,25)(H,24,26). The molecule has 0 saturated carbocycles. The second-order valence-corrected chi connectivity index (χ2v) is 5.89. The van der Waals surface area contributed by atoms with Crippen LogP contribution in [0.4, 0.5) is 18.9 Å². The van der Waals surface area contributed by atoms with Gasteiger partial charge < -0.3 is 10.6 Å². The van der Waals surface area contributed by atoms with Gasteiger partial charge in [-0.1, -0.05) is 18.5 Å². The third-order valence-corrected chi connectivity index (χ3v) is 3.82. The molecule has 0 saturated heterocycles. The summed E-state index contributed by atoms with van der Waals surface area (Å²) in [5.74, 6) is -0.897. The zero-order valence-electron chi connectivity index (χ0n) is 13.8. The van der Waals surface area contributed by atoms with Gasteiger partial charge in [0.15, 0.2) is 0 Å². The number of hydrogen-bond acceptors (Lipinski definition) is 2. The molecule has 2 amide bonds. The van der Waals surface area contributed by atoms with Crippen molar-refractivity contribution in [3.63, 3.8) is 0 Å². The summed E-state index contributed by atoms with van der Waals surface area (Å²) in [6, 6.07) is 8.44. The van der Waals surface area contributed by atoms with Crippen LogP contribution in [0.3, 0.4) is 0 Å². The van der Waals surface area contributed by atoms with Crippen LogP contribution in [0.25, 0.3) is 0 Å². The zero-order chi connectivity index (χ0) is 19.3. The van der Waals surface area contributed by atoms with Gasteiger partial charge in [0.05, 0.1) is 16.3 Å². The van der Waals surface area contributed by atoms with Gasteiger partial charge in [0, 0.05) is 17.7 Å². The zero-order valence-corrected chi connectivity index (χ0v) is 14.5. The van der Waals surface area contributed by atoms with E-state index < -0.39 is 17.6 Å². The summed E-state index contributed by atoms with van der Waals surface area (Å²) in [6.45, 7) is 2.46. The summed E-state index contributed by atoms with van der Waals surface area (Å²) in [4.78, 5) is 24.0.